The number of alkyl halides is 2. The molecule has 0 fully saturated rings. The number of rotatable bonds is 3. The number of halogens is 2. The number of benzene rings is 2. The fourth-order valence-electron chi connectivity index (χ4n) is 2.25. The molecule has 2 aromatic carbocycles. The Kier molecular flexibility index (Phi) is 7.71. The van der Waals surface area contributed by atoms with E-state index in [4.69, 9.17) is 10.5 Å². The van der Waals surface area contributed by atoms with Gasteiger partial charge in [0.2, 0.25) is 0 Å². The average molecular weight is 355 g/mol. The molecule has 26 heavy (non-hydrogen) atoms. The number of hydrogen-bond donors (Lipinski definition) is 1. The first-order valence-electron chi connectivity index (χ1n) is 7.48. The van der Waals surface area contributed by atoms with Gasteiger partial charge in [-0.25, -0.2) is 13.5 Å². The van der Waals surface area contributed by atoms with Gasteiger partial charge >= 0.3 is 0 Å². The average Bonchev–Trinajstić information content (AvgIpc) is 3.12. The van der Waals surface area contributed by atoms with Gasteiger partial charge in [-0.2, -0.15) is 5.10 Å². The predicted octanol–water partition coefficient (Wildman–Crippen LogP) is 4.43. The highest BCUT2D eigenvalue weighted by Gasteiger charge is 2.17. The molecular formula is C20H19F2N3O. The highest BCUT2D eigenvalue weighted by molar-refractivity contribution is 5.63. The van der Waals surface area contributed by atoms with Gasteiger partial charge in [0.15, 0.2) is 0 Å². The summed E-state index contributed by atoms with van der Waals surface area (Å²) in [6.45, 7) is 3.98. The molecule has 0 saturated heterocycles. The van der Waals surface area contributed by atoms with E-state index in [1.165, 1.54) is 10.7 Å². The third-order valence-corrected chi connectivity index (χ3v) is 3.44. The van der Waals surface area contributed by atoms with Crippen LogP contribution in [0.25, 0.3) is 16.9 Å². The minimum absolute atomic E-state index is 0.243. The Hall–Kier alpha value is -3.46. The van der Waals surface area contributed by atoms with Crippen LogP contribution in [-0.2, 0) is 4.79 Å². The van der Waals surface area contributed by atoms with Gasteiger partial charge in [0, 0.05) is 11.3 Å². The maximum Gasteiger partial charge on any atom is 0.282 e. The van der Waals surface area contributed by atoms with E-state index in [0.29, 0.717) is 17.1 Å². The van der Waals surface area contributed by atoms with E-state index >= 15 is 0 Å². The lowest BCUT2D eigenvalue weighted by Gasteiger charge is -2.08. The molecule has 0 unspecified atom stereocenters. The topological polar surface area (TPSA) is 60.9 Å². The Morgan fingerprint density at radius 3 is 2.08 bits per heavy atom. The summed E-state index contributed by atoms with van der Waals surface area (Å²) in [7, 11) is 0. The van der Waals surface area contributed by atoms with Gasteiger partial charge in [-0.05, 0) is 37.3 Å². The SMILES string of the molecule is C#C.C=O.Cc1ccc(-c2cc(C(F)F)nn2-c2ccc(N)cc2)cc1. The highest BCUT2D eigenvalue weighted by Crippen LogP contribution is 2.28. The first-order chi connectivity index (χ1) is 12.5. The van der Waals surface area contributed by atoms with Crippen molar-refractivity contribution in [3.05, 3.63) is 65.9 Å². The molecule has 0 aliphatic rings. The van der Waals surface area contributed by atoms with E-state index in [-0.39, 0.29) is 5.69 Å². The van der Waals surface area contributed by atoms with E-state index in [1.807, 2.05) is 38.0 Å². The molecule has 134 valence electrons. The van der Waals surface area contributed by atoms with Crippen LogP contribution in [0.2, 0.25) is 0 Å². The lowest BCUT2D eigenvalue weighted by molar-refractivity contribution is -0.0979. The van der Waals surface area contributed by atoms with Crippen LogP contribution in [0.3, 0.4) is 0 Å². The van der Waals surface area contributed by atoms with Crippen LogP contribution >= 0.6 is 0 Å². The first-order valence-corrected chi connectivity index (χ1v) is 7.48. The standard InChI is InChI=1S/C17H15F2N3.C2H2.CH2O/c1-11-2-4-12(5-3-11)16-10-15(17(18)19)21-22(16)14-8-6-13(20)7-9-14;2*1-2/h2-10,17H,20H2,1H3;1-2H;1H2. The summed E-state index contributed by atoms with van der Waals surface area (Å²) in [6.07, 6.45) is 5.39. The van der Waals surface area contributed by atoms with E-state index in [9.17, 15) is 8.78 Å². The Labute approximate surface area is 151 Å². The number of nitrogen functional groups attached to an aromatic ring is 1. The van der Waals surface area contributed by atoms with E-state index in [1.54, 1.807) is 24.3 Å². The summed E-state index contributed by atoms with van der Waals surface area (Å²) >= 11 is 0. The number of nitrogens with two attached hydrogens (primary N) is 1. The van der Waals surface area contributed by atoms with Crippen molar-refractivity contribution in [2.24, 2.45) is 0 Å². The molecule has 0 amide bonds. The monoisotopic (exact) mass is 355 g/mol. The molecule has 2 N–H and O–H groups in total. The first kappa shape index (κ1) is 20.6. The van der Waals surface area contributed by atoms with E-state index in [2.05, 4.69) is 17.9 Å². The molecule has 3 rings (SSSR count). The van der Waals surface area contributed by atoms with Crippen LogP contribution < -0.4 is 5.73 Å². The second-order valence-electron chi connectivity index (χ2n) is 5.12. The Morgan fingerprint density at radius 1 is 1.04 bits per heavy atom. The third kappa shape index (κ3) is 4.77. The van der Waals surface area contributed by atoms with Gasteiger partial charge < -0.3 is 10.5 Å². The van der Waals surface area contributed by atoms with Crippen LogP contribution in [0.4, 0.5) is 14.5 Å². The number of nitrogens with zero attached hydrogens (tertiary/aromatic N) is 2. The number of hydrogen-bond acceptors (Lipinski definition) is 3. The minimum atomic E-state index is -2.61. The van der Waals surface area contributed by atoms with Crippen molar-refractivity contribution in [2.75, 3.05) is 5.73 Å². The third-order valence-electron chi connectivity index (χ3n) is 3.44. The van der Waals surface area contributed by atoms with Crippen LogP contribution in [0.5, 0.6) is 0 Å². The largest absolute Gasteiger partial charge is 0.399 e. The van der Waals surface area contributed by atoms with Gasteiger partial charge in [0.25, 0.3) is 6.43 Å². The number of aromatic nitrogens is 2. The second kappa shape index (κ2) is 9.74. The highest BCUT2D eigenvalue weighted by atomic mass is 19.3. The predicted molar refractivity (Wildman–Crippen MR) is 100 cm³/mol. The molecule has 0 saturated carbocycles. The number of carbonyl (C=O) groups excluding carboxylic acids is 1. The number of anilines is 1. The van der Waals surface area contributed by atoms with Crippen LogP contribution in [-0.4, -0.2) is 16.6 Å². The fourth-order valence-corrected chi connectivity index (χ4v) is 2.25. The van der Waals surface area contributed by atoms with Gasteiger partial charge in [0.05, 0.1) is 11.4 Å². The Balaban J connectivity index is 0.000000791. The lowest BCUT2D eigenvalue weighted by atomic mass is 10.1. The molecule has 4 nitrogen and oxygen atoms in total. The second-order valence-corrected chi connectivity index (χ2v) is 5.12. The van der Waals surface area contributed by atoms with Crippen LogP contribution in [0.15, 0.2) is 54.6 Å². The van der Waals surface area contributed by atoms with Crippen molar-refractivity contribution >= 4 is 12.5 Å². The van der Waals surface area contributed by atoms with E-state index < -0.39 is 6.43 Å². The maximum absolute atomic E-state index is 13.0. The van der Waals surface area contributed by atoms with Crippen LogP contribution in [0, 0.1) is 19.8 Å². The molecule has 1 aromatic heterocycles. The lowest BCUT2D eigenvalue weighted by Crippen LogP contribution is -2.00. The Bertz CT molecular complexity index is 775. The molecule has 0 aliphatic carbocycles. The zero-order chi connectivity index (χ0) is 19.7. The van der Waals surface area contributed by atoms with Crippen molar-refractivity contribution in [3.63, 3.8) is 0 Å². The van der Waals surface area contributed by atoms with Crippen molar-refractivity contribution in [3.8, 4) is 29.8 Å². The smallest absolute Gasteiger partial charge is 0.282 e. The molecule has 3 aromatic rings. The van der Waals surface area contributed by atoms with Crippen molar-refractivity contribution in [1.82, 2.24) is 9.78 Å². The summed E-state index contributed by atoms with van der Waals surface area (Å²) < 4.78 is 27.6. The zero-order valence-corrected chi connectivity index (χ0v) is 14.3. The van der Waals surface area contributed by atoms with Gasteiger partial charge in [-0.1, -0.05) is 29.8 Å². The number of carbonyl (C=O) groups is 1. The van der Waals surface area contributed by atoms with E-state index in [0.717, 1.165) is 11.1 Å². The Morgan fingerprint density at radius 2 is 1.58 bits per heavy atom. The molecular weight excluding hydrogens is 336 g/mol. The number of aryl methyl sites for hydroxylation is 1. The van der Waals surface area contributed by atoms with Crippen molar-refractivity contribution in [2.45, 2.75) is 13.3 Å². The quantitative estimate of drug-likeness (QED) is 0.558. The molecule has 0 atom stereocenters. The van der Waals surface area contributed by atoms with Crippen molar-refractivity contribution < 1.29 is 13.6 Å². The fraction of sp³-hybridized carbons (Fsp3) is 0.100. The van der Waals surface area contributed by atoms with Crippen molar-refractivity contribution in [1.29, 1.82) is 0 Å². The van der Waals surface area contributed by atoms with Gasteiger partial charge in [-0.3, -0.25) is 0 Å². The summed E-state index contributed by atoms with van der Waals surface area (Å²) in [5.74, 6) is 0. The maximum atomic E-state index is 13.0. The summed E-state index contributed by atoms with van der Waals surface area (Å²) in [5, 5.41) is 4.03. The normalized spacial score (nSPS) is 9.62. The summed E-state index contributed by atoms with van der Waals surface area (Å²) in [4.78, 5) is 8.00. The van der Waals surface area contributed by atoms with Gasteiger partial charge in [0.1, 0.15) is 12.5 Å². The minimum Gasteiger partial charge on any atom is -0.399 e. The number of terminal acetylenes is 1. The molecule has 1 heterocycles. The van der Waals surface area contributed by atoms with Crippen LogP contribution in [0.1, 0.15) is 17.7 Å². The molecule has 0 aliphatic heterocycles. The molecule has 0 bridgehead atoms. The molecule has 0 spiro atoms. The molecule has 6 heteroatoms. The molecule has 0 radical (unpaired) electrons. The zero-order valence-electron chi connectivity index (χ0n) is 14.3. The van der Waals surface area contributed by atoms with Gasteiger partial charge in [-0.15, -0.1) is 12.8 Å². The summed E-state index contributed by atoms with van der Waals surface area (Å²) in [6, 6.07) is 16.1. The summed E-state index contributed by atoms with van der Waals surface area (Å²) in [5.41, 5.74) is 9.30.